The maximum absolute atomic E-state index is 3.59. The Kier molecular flexibility index (Phi) is 3.03. The third-order valence-corrected chi connectivity index (χ3v) is 4.43. The highest BCUT2D eigenvalue weighted by atomic mass is 79.9. The number of thiophene rings is 1. The standard InChI is InChI=1S/C9H13BrN2S/c1-12-4-3-11-6-8(12)9-7(10)2-5-13-9/h2,5,8,11H,3-4,6H2,1H3. The van der Waals surface area contributed by atoms with Crippen LogP contribution >= 0.6 is 27.3 Å². The van der Waals surface area contributed by atoms with E-state index in [1.54, 1.807) is 0 Å². The molecule has 0 aromatic carbocycles. The molecule has 13 heavy (non-hydrogen) atoms. The Labute approximate surface area is 91.1 Å². The number of halogens is 1. The first-order chi connectivity index (χ1) is 6.29. The van der Waals surface area contributed by atoms with Crippen molar-refractivity contribution in [2.45, 2.75) is 6.04 Å². The first kappa shape index (κ1) is 9.65. The molecule has 1 fully saturated rings. The molecule has 1 aliphatic rings. The van der Waals surface area contributed by atoms with Gasteiger partial charge in [-0.15, -0.1) is 11.3 Å². The van der Waals surface area contributed by atoms with Crippen molar-refractivity contribution in [3.8, 4) is 0 Å². The number of hydrogen-bond acceptors (Lipinski definition) is 3. The van der Waals surface area contributed by atoms with Crippen molar-refractivity contribution in [3.63, 3.8) is 0 Å². The number of hydrogen-bond donors (Lipinski definition) is 1. The maximum atomic E-state index is 3.59. The van der Waals surface area contributed by atoms with Gasteiger partial charge in [0.1, 0.15) is 0 Å². The Bertz CT molecular complexity index is 287. The molecule has 2 heterocycles. The zero-order chi connectivity index (χ0) is 9.26. The van der Waals surface area contributed by atoms with Crippen molar-refractivity contribution < 1.29 is 0 Å². The van der Waals surface area contributed by atoms with Gasteiger partial charge in [0.2, 0.25) is 0 Å². The van der Waals surface area contributed by atoms with Gasteiger partial charge in [0.05, 0.1) is 6.04 Å². The van der Waals surface area contributed by atoms with Gasteiger partial charge in [-0.05, 0) is 34.4 Å². The van der Waals surface area contributed by atoms with Crippen molar-refractivity contribution in [1.82, 2.24) is 10.2 Å². The van der Waals surface area contributed by atoms with Crippen molar-refractivity contribution in [2.24, 2.45) is 0 Å². The summed E-state index contributed by atoms with van der Waals surface area (Å²) >= 11 is 5.42. The van der Waals surface area contributed by atoms with Crippen LogP contribution in [0.4, 0.5) is 0 Å². The lowest BCUT2D eigenvalue weighted by atomic mass is 10.2. The average molecular weight is 261 g/mol. The Hall–Kier alpha value is 0.100. The Morgan fingerprint density at radius 1 is 1.69 bits per heavy atom. The zero-order valence-electron chi connectivity index (χ0n) is 7.59. The van der Waals surface area contributed by atoms with E-state index in [9.17, 15) is 0 Å². The van der Waals surface area contributed by atoms with Crippen molar-refractivity contribution in [3.05, 3.63) is 20.8 Å². The van der Waals surface area contributed by atoms with E-state index in [1.807, 2.05) is 11.3 Å². The first-order valence-electron chi connectivity index (χ1n) is 4.43. The highest BCUT2D eigenvalue weighted by Gasteiger charge is 2.22. The molecule has 0 spiro atoms. The number of rotatable bonds is 1. The average Bonchev–Trinajstić information content (AvgIpc) is 2.52. The summed E-state index contributed by atoms with van der Waals surface area (Å²) in [6, 6.07) is 2.67. The van der Waals surface area contributed by atoms with E-state index < -0.39 is 0 Å². The van der Waals surface area contributed by atoms with Crippen molar-refractivity contribution in [1.29, 1.82) is 0 Å². The highest BCUT2D eigenvalue weighted by Crippen LogP contribution is 2.32. The van der Waals surface area contributed by atoms with Gasteiger partial charge < -0.3 is 5.32 Å². The fourth-order valence-corrected chi connectivity index (χ4v) is 3.45. The molecule has 1 aromatic heterocycles. The fourth-order valence-electron chi connectivity index (χ4n) is 1.64. The lowest BCUT2D eigenvalue weighted by molar-refractivity contribution is 0.205. The molecule has 0 saturated carbocycles. The lowest BCUT2D eigenvalue weighted by Gasteiger charge is -2.32. The summed E-state index contributed by atoms with van der Waals surface area (Å²) in [6.45, 7) is 3.31. The molecule has 0 aliphatic carbocycles. The van der Waals surface area contributed by atoms with Crippen LogP contribution in [0.15, 0.2) is 15.9 Å². The smallest absolute Gasteiger partial charge is 0.0575 e. The molecule has 72 valence electrons. The molecular weight excluding hydrogens is 248 g/mol. The summed E-state index contributed by atoms with van der Waals surface area (Å²) in [4.78, 5) is 3.85. The van der Waals surface area contributed by atoms with Gasteiger partial charge >= 0.3 is 0 Å². The molecule has 0 bridgehead atoms. The number of nitrogens with one attached hydrogen (secondary N) is 1. The van der Waals surface area contributed by atoms with E-state index in [1.165, 1.54) is 9.35 Å². The minimum Gasteiger partial charge on any atom is -0.314 e. The highest BCUT2D eigenvalue weighted by molar-refractivity contribution is 9.10. The molecule has 0 amide bonds. The van der Waals surface area contributed by atoms with E-state index in [2.05, 4.69) is 44.6 Å². The summed E-state index contributed by atoms with van der Waals surface area (Å²) in [5, 5.41) is 5.57. The summed E-state index contributed by atoms with van der Waals surface area (Å²) in [6.07, 6.45) is 0. The molecule has 1 aromatic rings. The van der Waals surface area contributed by atoms with Gasteiger partial charge in [-0.1, -0.05) is 0 Å². The van der Waals surface area contributed by atoms with E-state index in [0.29, 0.717) is 6.04 Å². The lowest BCUT2D eigenvalue weighted by Crippen LogP contribution is -2.43. The van der Waals surface area contributed by atoms with Crippen LogP contribution in [0, 0.1) is 0 Å². The summed E-state index contributed by atoms with van der Waals surface area (Å²) < 4.78 is 1.25. The number of piperazine rings is 1. The van der Waals surface area contributed by atoms with Gasteiger partial charge in [-0.3, -0.25) is 4.90 Å². The Balaban J connectivity index is 2.19. The zero-order valence-corrected chi connectivity index (χ0v) is 9.99. The minimum atomic E-state index is 0.545. The maximum Gasteiger partial charge on any atom is 0.0575 e. The van der Waals surface area contributed by atoms with E-state index >= 15 is 0 Å². The Morgan fingerprint density at radius 3 is 3.15 bits per heavy atom. The van der Waals surface area contributed by atoms with Crippen LogP contribution in [-0.2, 0) is 0 Å². The molecule has 1 atom stereocenters. The molecule has 2 nitrogen and oxygen atoms in total. The summed E-state index contributed by atoms with van der Waals surface area (Å²) in [5.74, 6) is 0. The van der Waals surface area contributed by atoms with E-state index in [-0.39, 0.29) is 0 Å². The van der Waals surface area contributed by atoms with Gasteiger partial charge in [-0.2, -0.15) is 0 Å². The molecule has 1 aliphatic heterocycles. The third-order valence-electron chi connectivity index (χ3n) is 2.46. The van der Waals surface area contributed by atoms with Crippen molar-refractivity contribution in [2.75, 3.05) is 26.7 Å². The SMILES string of the molecule is CN1CCNCC1c1sccc1Br. The second-order valence-electron chi connectivity index (χ2n) is 3.33. The molecule has 4 heteroatoms. The molecule has 2 rings (SSSR count). The van der Waals surface area contributed by atoms with Crippen LogP contribution < -0.4 is 5.32 Å². The normalized spacial score (nSPS) is 24.9. The van der Waals surface area contributed by atoms with Crippen molar-refractivity contribution >= 4 is 27.3 Å². The van der Waals surface area contributed by atoms with Crippen LogP contribution in [-0.4, -0.2) is 31.6 Å². The van der Waals surface area contributed by atoms with Crippen LogP contribution in [0.1, 0.15) is 10.9 Å². The molecule has 0 radical (unpaired) electrons. The Morgan fingerprint density at radius 2 is 2.54 bits per heavy atom. The summed E-state index contributed by atoms with van der Waals surface area (Å²) in [5.41, 5.74) is 0. The fraction of sp³-hybridized carbons (Fsp3) is 0.556. The van der Waals surface area contributed by atoms with E-state index in [4.69, 9.17) is 0 Å². The van der Waals surface area contributed by atoms with Crippen LogP contribution in [0.5, 0.6) is 0 Å². The first-order valence-corrected chi connectivity index (χ1v) is 6.10. The van der Waals surface area contributed by atoms with Gasteiger partial charge in [0, 0.05) is 29.0 Å². The van der Waals surface area contributed by atoms with Crippen LogP contribution in [0.25, 0.3) is 0 Å². The second-order valence-corrected chi connectivity index (χ2v) is 5.14. The van der Waals surface area contributed by atoms with Gasteiger partial charge in [-0.25, -0.2) is 0 Å². The number of likely N-dealkylation sites (N-methyl/N-ethyl adjacent to an activating group) is 1. The minimum absolute atomic E-state index is 0.545. The summed E-state index contributed by atoms with van der Waals surface area (Å²) in [7, 11) is 2.19. The predicted molar refractivity (Wildman–Crippen MR) is 60.3 cm³/mol. The predicted octanol–water partition coefficient (Wildman–Crippen LogP) is 2.09. The quantitative estimate of drug-likeness (QED) is 0.832. The second kappa shape index (κ2) is 4.09. The molecule has 1 N–H and O–H groups in total. The van der Waals surface area contributed by atoms with E-state index in [0.717, 1.165) is 19.6 Å². The topological polar surface area (TPSA) is 15.3 Å². The van der Waals surface area contributed by atoms with Crippen LogP contribution in [0.2, 0.25) is 0 Å². The van der Waals surface area contributed by atoms with Crippen LogP contribution in [0.3, 0.4) is 0 Å². The third kappa shape index (κ3) is 1.96. The van der Waals surface area contributed by atoms with Gasteiger partial charge in [0.15, 0.2) is 0 Å². The molecule has 1 saturated heterocycles. The monoisotopic (exact) mass is 260 g/mol. The largest absolute Gasteiger partial charge is 0.314 e. The number of nitrogens with zero attached hydrogens (tertiary/aromatic N) is 1. The molecule has 1 unspecified atom stereocenters. The van der Waals surface area contributed by atoms with Gasteiger partial charge in [0.25, 0.3) is 0 Å². The molecular formula is C9H13BrN2S.